The van der Waals surface area contributed by atoms with Crippen molar-refractivity contribution in [2.75, 3.05) is 5.75 Å². The third kappa shape index (κ3) is 4.41. The molecule has 8 heteroatoms. The Morgan fingerprint density at radius 1 is 1.06 bits per heavy atom. The summed E-state index contributed by atoms with van der Waals surface area (Å²) >= 11 is 1.24. The minimum atomic E-state index is -0.0103. The van der Waals surface area contributed by atoms with Gasteiger partial charge in [-0.1, -0.05) is 49.8 Å². The average molecular weight is 451 g/mol. The molecule has 4 aromatic rings. The summed E-state index contributed by atoms with van der Waals surface area (Å²) in [4.78, 5) is 12.9. The van der Waals surface area contributed by atoms with Crippen molar-refractivity contribution < 1.29 is 13.7 Å². The molecule has 0 atom stereocenters. The summed E-state index contributed by atoms with van der Waals surface area (Å²) in [5.41, 5.74) is 4.56. The fraction of sp³-hybridized carbons (Fsp3) is 0.333. The highest BCUT2D eigenvalue weighted by Gasteiger charge is 2.20. The first-order chi connectivity index (χ1) is 15.1. The summed E-state index contributed by atoms with van der Waals surface area (Å²) in [6, 6.07) is 11.8. The molecule has 3 heterocycles. The van der Waals surface area contributed by atoms with Crippen LogP contribution in [0.2, 0.25) is 0 Å². The lowest BCUT2D eigenvalue weighted by Gasteiger charge is -2.18. The highest BCUT2D eigenvalue weighted by Crippen LogP contribution is 2.28. The molecule has 0 aliphatic heterocycles. The van der Waals surface area contributed by atoms with Gasteiger partial charge in [0.25, 0.3) is 5.22 Å². The lowest BCUT2D eigenvalue weighted by molar-refractivity contribution is 0.102. The number of carbonyl (C=O) groups is 1. The molecule has 3 aromatic heterocycles. The molecular weight excluding hydrogens is 424 g/mol. The molecule has 0 aliphatic carbocycles. The van der Waals surface area contributed by atoms with Crippen LogP contribution in [0.25, 0.3) is 17.3 Å². The van der Waals surface area contributed by atoms with Crippen LogP contribution < -0.4 is 0 Å². The van der Waals surface area contributed by atoms with E-state index in [4.69, 9.17) is 8.94 Å². The zero-order valence-corrected chi connectivity index (χ0v) is 19.9. The molecule has 0 spiro atoms. The minimum Gasteiger partial charge on any atom is -0.411 e. The van der Waals surface area contributed by atoms with Gasteiger partial charge in [-0.2, -0.15) is 0 Å². The lowest BCUT2D eigenvalue weighted by atomic mass is 9.87. The summed E-state index contributed by atoms with van der Waals surface area (Å²) in [6.45, 7) is 12.2. The van der Waals surface area contributed by atoms with Crippen LogP contribution in [0.1, 0.15) is 53.8 Å². The van der Waals surface area contributed by atoms with Gasteiger partial charge in [-0.15, -0.1) is 10.2 Å². The Kier molecular flexibility index (Phi) is 5.81. The number of hydrogen-bond donors (Lipinski definition) is 0. The maximum atomic E-state index is 12.9. The number of aryl methyl sites for hydroxylation is 2. The van der Waals surface area contributed by atoms with Gasteiger partial charge >= 0.3 is 0 Å². The van der Waals surface area contributed by atoms with Gasteiger partial charge in [0, 0.05) is 28.6 Å². The van der Waals surface area contributed by atoms with Gasteiger partial charge in [0.2, 0.25) is 5.89 Å². The summed E-state index contributed by atoms with van der Waals surface area (Å²) in [5, 5.41) is 12.7. The van der Waals surface area contributed by atoms with Crippen molar-refractivity contribution in [3.63, 3.8) is 0 Å². The molecule has 166 valence electrons. The van der Waals surface area contributed by atoms with E-state index in [9.17, 15) is 4.79 Å². The molecule has 32 heavy (non-hydrogen) atoms. The summed E-state index contributed by atoms with van der Waals surface area (Å²) in [7, 11) is 0. The number of thioether (sulfide) groups is 1. The van der Waals surface area contributed by atoms with E-state index in [-0.39, 0.29) is 17.0 Å². The van der Waals surface area contributed by atoms with E-state index < -0.39 is 0 Å². The SMILES string of the molecule is Cc1cc(-n2c(C)cc(C(=O)CSc3nnc(-c4ccc(C(C)(C)C)cc4)o3)c2C)no1. The number of hydrogen-bond acceptors (Lipinski definition) is 7. The Hall–Kier alpha value is -3.13. The standard InChI is InChI=1S/C24H26N4O3S/c1-14-11-19(16(3)28(14)21-12-15(2)31-27-21)20(29)13-32-23-26-25-22(30-23)17-7-9-18(10-8-17)24(4,5)6/h7-12H,13H2,1-6H3. The van der Waals surface area contributed by atoms with E-state index in [1.54, 1.807) is 0 Å². The van der Waals surface area contributed by atoms with Crippen LogP contribution in [0.5, 0.6) is 0 Å². The van der Waals surface area contributed by atoms with Gasteiger partial charge in [0.05, 0.1) is 5.75 Å². The van der Waals surface area contributed by atoms with E-state index in [1.165, 1.54) is 17.3 Å². The Morgan fingerprint density at radius 2 is 1.78 bits per heavy atom. The van der Waals surface area contributed by atoms with Crippen molar-refractivity contribution >= 4 is 17.5 Å². The Labute approximate surface area is 191 Å². The summed E-state index contributed by atoms with van der Waals surface area (Å²) < 4.78 is 12.9. The first-order valence-electron chi connectivity index (χ1n) is 10.4. The summed E-state index contributed by atoms with van der Waals surface area (Å²) in [5.74, 6) is 2.02. The zero-order valence-electron chi connectivity index (χ0n) is 19.1. The number of nitrogens with zero attached hydrogens (tertiary/aromatic N) is 4. The van der Waals surface area contributed by atoms with Gasteiger partial charge in [-0.05, 0) is 49.9 Å². The maximum absolute atomic E-state index is 12.9. The van der Waals surface area contributed by atoms with Gasteiger partial charge in [0.1, 0.15) is 5.76 Å². The number of rotatable bonds is 6. The monoisotopic (exact) mass is 450 g/mol. The van der Waals surface area contributed by atoms with E-state index >= 15 is 0 Å². The quantitative estimate of drug-likeness (QED) is 0.274. The van der Waals surface area contributed by atoms with Crippen LogP contribution in [0, 0.1) is 20.8 Å². The summed E-state index contributed by atoms with van der Waals surface area (Å²) in [6.07, 6.45) is 0. The molecular formula is C24H26N4O3S. The Morgan fingerprint density at radius 3 is 2.41 bits per heavy atom. The van der Waals surface area contributed by atoms with E-state index in [1.807, 2.05) is 49.6 Å². The van der Waals surface area contributed by atoms with Crippen LogP contribution >= 0.6 is 11.8 Å². The second kappa shape index (κ2) is 8.43. The van der Waals surface area contributed by atoms with E-state index in [2.05, 4.69) is 48.3 Å². The van der Waals surface area contributed by atoms with E-state index in [0.29, 0.717) is 22.5 Å². The molecule has 0 radical (unpaired) electrons. The van der Waals surface area contributed by atoms with Crippen molar-refractivity contribution in [1.82, 2.24) is 19.9 Å². The number of benzene rings is 1. The van der Waals surface area contributed by atoms with Gasteiger partial charge in [-0.3, -0.25) is 9.36 Å². The third-order valence-corrected chi connectivity index (χ3v) is 6.13. The smallest absolute Gasteiger partial charge is 0.277 e. The molecule has 0 saturated carbocycles. The van der Waals surface area contributed by atoms with Crippen molar-refractivity contribution in [1.29, 1.82) is 0 Å². The second-order valence-corrected chi connectivity index (χ2v) is 9.75. The van der Waals surface area contributed by atoms with Crippen LogP contribution in [0.4, 0.5) is 0 Å². The minimum absolute atomic E-state index is 0.0103. The highest BCUT2D eigenvalue weighted by molar-refractivity contribution is 7.99. The zero-order chi connectivity index (χ0) is 23.0. The average Bonchev–Trinajstić information content (AvgIpc) is 3.45. The van der Waals surface area contributed by atoms with Crippen molar-refractivity contribution in [2.24, 2.45) is 0 Å². The molecule has 7 nitrogen and oxygen atoms in total. The fourth-order valence-electron chi connectivity index (χ4n) is 3.56. The first kappa shape index (κ1) is 22.1. The Bertz CT molecular complexity index is 1260. The molecule has 1 aromatic carbocycles. The molecule has 0 bridgehead atoms. The predicted molar refractivity (Wildman–Crippen MR) is 124 cm³/mol. The second-order valence-electron chi connectivity index (χ2n) is 8.83. The topological polar surface area (TPSA) is 87.0 Å². The number of ketones is 1. The van der Waals surface area contributed by atoms with E-state index in [0.717, 1.165) is 22.7 Å². The highest BCUT2D eigenvalue weighted by atomic mass is 32.2. The molecule has 0 N–H and O–H groups in total. The van der Waals surface area contributed by atoms with Crippen LogP contribution in [0.15, 0.2) is 50.6 Å². The largest absolute Gasteiger partial charge is 0.411 e. The normalized spacial score (nSPS) is 11.8. The van der Waals surface area contributed by atoms with Crippen LogP contribution in [-0.4, -0.2) is 31.5 Å². The molecule has 0 saturated heterocycles. The lowest BCUT2D eigenvalue weighted by Crippen LogP contribution is -2.10. The number of Topliss-reactive ketones (excluding diaryl/α,β-unsaturated/α-hetero) is 1. The van der Waals surface area contributed by atoms with Crippen molar-refractivity contribution in [3.05, 3.63) is 64.7 Å². The predicted octanol–water partition coefficient (Wildman–Crippen LogP) is 5.71. The molecule has 0 aliphatic rings. The van der Waals surface area contributed by atoms with Crippen molar-refractivity contribution in [2.45, 2.75) is 52.2 Å². The fourth-order valence-corrected chi connectivity index (χ4v) is 4.21. The van der Waals surface area contributed by atoms with Crippen LogP contribution in [0.3, 0.4) is 0 Å². The van der Waals surface area contributed by atoms with Crippen LogP contribution in [-0.2, 0) is 5.41 Å². The molecule has 0 amide bonds. The van der Waals surface area contributed by atoms with Crippen molar-refractivity contribution in [3.8, 4) is 17.3 Å². The molecule has 0 unspecified atom stereocenters. The number of aromatic nitrogens is 4. The van der Waals surface area contributed by atoms with Gasteiger partial charge in [-0.25, -0.2) is 0 Å². The third-order valence-electron chi connectivity index (χ3n) is 5.31. The molecule has 0 fully saturated rings. The Balaban J connectivity index is 1.45. The van der Waals surface area contributed by atoms with Gasteiger partial charge in [0.15, 0.2) is 11.6 Å². The maximum Gasteiger partial charge on any atom is 0.277 e. The number of carbonyl (C=O) groups excluding carboxylic acids is 1. The van der Waals surface area contributed by atoms with Gasteiger partial charge < -0.3 is 8.94 Å². The first-order valence-corrected chi connectivity index (χ1v) is 11.3. The molecule has 4 rings (SSSR count).